The molecule has 0 aromatic heterocycles. The van der Waals surface area contributed by atoms with Gasteiger partial charge in [-0.1, -0.05) is 32.6 Å². The number of hydrogen-bond donors (Lipinski definition) is 0. The number of methoxy groups -OCH3 is 3. The number of benzene rings is 1. The van der Waals surface area contributed by atoms with Gasteiger partial charge in [0.1, 0.15) is 6.10 Å². The minimum Gasteiger partial charge on any atom is -0.493 e. The summed E-state index contributed by atoms with van der Waals surface area (Å²) in [6.07, 6.45) is 6.37. The van der Waals surface area contributed by atoms with Gasteiger partial charge in [-0.2, -0.15) is 0 Å². The molecule has 0 N–H and O–H groups in total. The van der Waals surface area contributed by atoms with Crippen molar-refractivity contribution in [1.29, 1.82) is 0 Å². The third-order valence-corrected chi connectivity index (χ3v) is 4.23. The van der Waals surface area contributed by atoms with E-state index in [1.165, 1.54) is 26.4 Å². The van der Waals surface area contributed by atoms with Crippen LogP contribution < -0.4 is 14.2 Å². The van der Waals surface area contributed by atoms with E-state index in [1.807, 2.05) is 0 Å². The second-order valence-corrected chi connectivity index (χ2v) is 5.70. The van der Waals surface area contributed by atoms with Gasteiger partial charge in [-0.15, -0.1) is 0 Å². The molecule has 5 heteroatoms. The average molecular weight is 322 g/mol. The number of cyclic esters (lactones) is 1. The molecule has 0 saturated heterocycles. The van der Waals surface area contributed by atoms with Crippen molar-refractivity contribution in [2.24, 2.45) is 0 Å². The van der Waals surface area contributed by atoms with E-state index in [-0.39, 0.29) is 12.1 Å². The van der Waals surface area contributed by atoms with Gasteiger partial charge in [0.25, 0.3) is 0 Å². The second kappa shape index (κ2) is 8.09. The largest absolute Gasteiger partial charge is 0.493 e. The van der Waals surface area contributed by atoms with Crippen molar-refractivity contribution < 1.29 is 23.7 Å². The highest BCUT2D eigenvalue weighted by atomic mass is 16.6. The summed E-state index contributed by atoms with van der Waals surface area (Å²) < 4.78 is 21.8. The Labute approximate surface area is 137 Å². The lowest BCUT2D eigenvalue weighted by Gasteiger charge is -2.17. The Hall–Kier alpha value is -1.91. The van der Waals surface area contributed by atoms with E-state index in [0.29, 0.717) is 22.8 Å². The molecule has 0 aliphatic carbocycles. The van der Waals surface area contributed by atoms with E-state index in [1.54, 1.807) is 20.3 Å². The SMILES string of the molecule is CCCCCCC[C@H]1OC(=O)c2cc(OC)c(OC)c(OC)c21. The van der Waals surface area contributed by atoms with E-state index in [4.69, 9.17) is 18.9 Å². The lowest BCUT2D eigenvalue weighted by molar-refractivity contribution is 0.0360. The summed E-state index contributed by atoms with van der Waals surface area (Å²) in [5.41, 5.74) is 1.30. The molecular weight excluding hydrogens is 296 g/mol. The summed E-state index contributed by atoms with van der Waals surface area (Å²) in [7, 11) is 4.66. The van der Waals surface area contributed by atoms with Crippen molar-refractivity contribution in [3.8, 4) is 17.2 Å². The standard InChI is InChI=1S/C18H26O5/c1-5-6-7-8-9-10-13-15-12(18(19)23-13)11-14(20-2)16(21-3)17(15)22-4/h11,13H,5-10H2,1-4H3/t13-/m1/s1. The molecule has 23 heavy (non-hydrogen) atoms. The van der Waals surface area contributed by atoms with Gasteiger partial charge in [-0.05, 0) is 18.9 Å². The first-order valence-corrected chi connectivity index (χ1v) is 8.21. The van der Waals surface area contributed by atoms with Crippen molar-refractivity contribution in [1.82, 2.24) is 0 Å². The molecule has 0 fully saturated rings. The normalized spacial score (nSPS) is 16.0. The third kappa shape index (κ3) is 3.54. The quantitative estimate of drug-likeness (QED) is 0.501. The molecule has 5 nitrogen and oxygen atoms in total. The summed E-state index contributed by atoms with van der Waals surface area (Å²) in [5, 5.41) is 0. The number of unbranched alkanes of at least 4 members (excludes halogenated alkanes) is 4. The molecule has 1 atom stereocenters. The molecule has 1 aromatic rings. The lowest BCUT2D eigenvalue weighted by Crippen LogP contribution is -2.03. The summed E-state index contributed by atoms with van der Waals surface area (Å²) in [4.78, 5) is 12.2. The fraction of sp³-hybridized carbons (Fsp3) is 0.611. The fourth-order valence-corrected chi connectivity index (χ4v) is 3.06. The fourth-order valence-electron chi connectivity index (χ4n) is 3.06. The van der Waals surface area contributed by atoms with E-state index in [0.717, 1.165) is 24.8 Å². The average Bonchev–Trinajstić information content (AvgIpc) is 2.88. The maximum Gasteiger partial charge on any atom is 0.339 e. The Bertz CT molecular complexity index is 553. The number of esters is 1. The summed E-state index contributed by atoms with van der Waals surface area (Å²) in [5.74, 6) is 1.19. The van der Waals surface area contributed by atoms with Crippen molar-refractivity contribution in [3.05, 3.63) is 17.2 Å². The number of rotatable bonds is 9. The van der Waals surface area contributed by atoms with Crippen LogP contribution in [0.5, 0.6) is 17.2 Å². The first-order chi connectivity index (χ1) is 11.2. The Kier molecular flexibility index (Phi) is 6.13. The molecule has 0 saturated carbocycles. The van der Waals surface area contributed by atoms with E-state index < -0.39 is 0 Å². The highest BCUT2D eigenvalue weighted by Crippen LogP contribution is 2.49. The van der Waals surface area contributed by atoms with Gasteiger partial charge >= 0.3 is 5.97 Å². The molecule has 2 rings (SSSR count). The van der Waals surface area contributed by atoms with Gasteiger partial charge < -0.3 is 18.9 Å². The summed E-state index contributed by atoms with van der Waals surface area (Å²) in [6, 6.07) is 1.68. The highest BCUT2D eigenvalue weighted by molar-refractivity contribution is 5.96. The number of ether oxygens (including phenoxy) is 4. The van der Waals surface area contributed by atoms with Gasteiger partial charge in [0.05, 0.1) is 32.5 Å². The van der Waals surface area contributed by atoms with Crippen molar-refractivity contribution >= 4 is 5.97 Å². The minimum atomic E-state index is -0.321. The first kappa shape index (κ1) is 17.4. The lowest BCUT2D eigenvalue weighted by atomic mass is 9.98. The van der Waals surface area contributed by atoms with Gasteiger partial charge in [0, 0.05) is 0 Å². The second-order valence-electron chi connectivity index (χ2n) is 5.70. The Morgan fingerprint density at radius 1 is 1.00 bits per heavy atom. The van der Waals surface area contributed by atoms with Crippen LogP contribution in [0.4, 0.5) is 0 Å². The number of carbonyl (C=O) groups excluding carboxylic acids is 1. The van der Waals surface area contributed by atoms with Crippen LogP contribution in [0.3, 0.4) is 0 Å². The van der Waals surface area contributed by atoms with Crippen LogP contribution in [0.25, 0.3) is 0 Å². The Morgan fingerprint density at radius 2 is 1.70 bits per heavy atom. The zero-order valence-electron chi connectivity index (χ0n) is 14.4. The first-order valence-electron chi connectivity index (χ1n) is 8.21. The number of fused-ring (bicyclic) bond motifs is 1. The Balaban J connectivity index is 2.25. The van der Waals surface area contributed by atoms with Crippen molar-refractivity contribution in [2.75, 3.05) is 21.3 Å². The van der Waals surface area contributed by atoms with E-state index in [9.17, 15) is 4.79 Å². The minimum absolute atomic E-state index is 0.270. The van der Waals surface area contributed by atoms with Crippen LogP contribution in [0.15, 0.2) is 6.07 Å². The maximum atomic E-state index is 12.2. The predicted molar refractivity (Wildman–Crippen MR) is 87.6 cm³/mol. The van der Waals surface area contributed by atoms with Crippen LogP contribution in [-0.2, 0) is 4.74 Å². The molecule has 0 unspecified atom stereocenters. The molecule has 1 heterocycles. The molecule has 0 bridgehead atoms. The predicted octanol–water partition coefficient (Wildman–Crippen LogP) is 4.28. The maximum absolute atomic E-state index is 12.2. The molecule has 0 radical (unpaired) electrons. The molecule has 1 aromatic carbocycles. The van der Waals surface area contributed by atoms with Gasteiger partial charge in [-0.3, -0.25) is 0 Å². The molecule has 0 spiro atoms. The highest BCUT2D eigenvalue weighted by Gasteiger charge is 2.37. The summed E-state index contributed by atoms with van der Waals surface area (Å²) in [6.45, 7) is 2.19. The van der Waals surface area contributed by atoms with E-state index in [2.05, 4.69) is 6.92 Å². The molecule has 1 aliphatic heterocycles. The smallest absolute Gasteiger partial charge is 0.339 e. The van der Waals surface area contributed by atoms with Gasteiger partial charge in [0.15, 0.2) is 11.5 Å². The third-order valence-electron chi connectivity index (χ3n) is 4.23. The molecule has 1 aliphatic rings. The van der Waals surface area contributed by atoms with Crippen molar-refractivity contribution in [3.63, 3.8) is 0 Å². The van der Waals surface area contributed by atoms with Gasteiger partial charge in [0.2, 0.25) is 5.75 Å². The van der Waals surface area contributed by atoms with Crippen LogP contribution in [-0.4, -0.2) is 27.3 Å². The Morgan fingerprint density at radius 3 is 2.30 bits per heavy atom. The zero-order valence-corrected chi connectivity index (χ0v) is 14.4. The number of hydrogen-bond acceptors (Lipinski definition) is 5. The van der Waals surface area contributed by atoms with Crippen molar-refractivity contribution in [2.45, 2.75) is 51.6 Å². The van der Waals surface area contributed by atoms with Crippen LogP contribution in [0.1, 0.15) is 67.5 Å². The van der Waals surface area contributed by atoms with Crippen LogP contribution in [0.2, 0.25) is 0 Å². The molecular formula is C18H26O5. The number of carbonyl (C=O) groups is 1. The molecule has 128 valence electrons. The van der Waals surface area contributed by atoms with Gasteiger partial charge in [-0.25, -0.2) is 4.79 Å². The molecule has 0 amide bonds. The monoisotopic (exact) mass is 322 g/mol. The van der Waals surface area contributed by atoms with Crippen LogP contribution in [0, 0.1) is 0 Å². The summed E-state index contributed by atoms with van der Waals surface area (Å²) >= 11 is 0. The topological polar surface area (TPSA) is 54.0 Å². The van der Waals surface area contributed by atoms with E-state index >= 15 is 0 Å². The van der Waals surface area contributed by atoms with Crippen LogP contribution >= 0.6 is 0 Å². The zero-order chi connectivity index (χ0) is 16.8.